The summed E-state index contributed by atoms with van der Waals surface area (Å²) in [4.78, 5) is 23.8. The van der Waals surface area contributed by atoms with Gasteiger partial charge in [-0.2, -0.15) is 0 Å². The lowest BCUT2D eigenvalue weighted by atomic mass is 10.0. The lowest BCUT2D eigenvalue weighted by molar-refractivity contribution is -0.126. The fourth-order valence-corrected chi connectivity index (χ4v) is 3.67. The maximum Gasteiger partial charge on any atom is 0.238 e. The molecule has 7 heteroatoms. The molecule has 0 heterocycles. The average molecular weight is 304 g/mol. The molecule has 1 fully saturated rings. The zero-order valence-corrected chi connectivity index (χ0v) is 13.3. The zero-order valence-electron chi connectivity index (χ0n) is 12.5. The highest BCUT2D eigenvalue weighted by Crippen LogP contribution is 2.26. The van der Waals surface area contributed by atoms with E-state index in [0.717, 1.165) is 12.8 Å². The third kappa shape index (κ3) is 3.50. The molecule has 1 saturated carbocycles. The Labute approximate surface area is 120 Å². The van der Waals surface area contributed by atoms with E-state index in [9.17, 15) is 18.0 Å². The van der Waals surface area contributed by atoms with Crippen molar-refractivity contribution >= 4 is 21.7 Å². The normalized spacial score (nSPS) is 24.4. The Kier molecular flexibility index (Phi) is 5.56. The number of sulfone groups is 1. The second-order valence-electron chi connectivity index (χ2n) is 5.55. The van der Waals surface area contributed by atoms with E-state index in [1.165, 1.54) is 6.92 Å². The van der Waals surface area contributed by atoms with E-state index in [2.05, 4.69) is 10.6 Å². The van der Waals surface area contributed by atoms with Crippen molar-refractivity contribution in [1.82, 2.24) is 10.6 Å². The molecule has 0 aromatic rings. The van der Waals surface area contributed by atoms with Crippen LogP contribution in [0, 0.1) is 5.92 Å². The molecule has 0 aromatic heterocycles. The molecule has 0 aromatic carbocycles. The Hall–Kier alpha value is -1.11. The summed E-state index contributed by atoms with van der Waals surface area (Å²) < 4.78 is 24.0. The topological polar surface area (TPSA) is 92.3 Å². The van der Waals surface area contributed by atoms with Gasteiger partial charge in [-0.15, -0.1) is 0 Å². The average Bonchev–Trinajstić information content (AvgIpc) is 2.84. The molecule has 0 bridgehead atoms. The second-order valence-corrected chi connectivity index (χ2v) is 8.37. The summed E-state index contributed by atoms with van der Waals surface area (Å²) in [5, 5.41) is 3.62. The largest absolute Gasteiger partial charge is 0.359 e. The van der Waals surface area contributed by atoms with Gasteiger partial charge in [0.2, 0.25) is 11.8 Å². The number of hydrogen-bond donors (Lipinski definition) is 2. The molecule has 0 unspecified atom stereocenters. The summed E-state index contributed by atoms with van der Waals surface area (Å²) in [7, 11) is -1.91. The lowest BCUT2D eigenvalue weighted by Gasteiger charge is -2.22. The van der Waals surface area contributed by atoms with Crippen LogP contribution in [0.15, 0.2) is 0 Å². The van der Waals surface area contributed by atoms with E-state index < -0.39 is 26.2 Å². The molecule has 2 amide bonds. The van der Waals surface area contributed by atoms with Gasteiger partial charge in [-0.25, -0.2) is 8.42 Å². The van der Waals surface area contributed by atoms with Crippen LogP contribution < -0.4 is 10.6 Å². The Balaban J connectivity index is 2.73. The third-order valence-corrected chi connectivity index (χ3v) is 6.46. The van der Waals surface area contributed by atoms with Crippen LogP contribution in [-0.4, -0.2) is 43.8 Å². The molecule has 0 aliphatic heterocycles. The van der Waals surface area contributed by atoms with Crippen LogP contribution in [0.3, 0.4) is 0 Å². The molecule has 6 nitrogen and oxygen atoms in total. The monoisotopic (exact) mass is 304 g/mol. The standard InChI is InChI=1S/C13H24N2O4S/c1-8(2)20(18,19)9(3)12(16)15-11-7-5-6-10(11)13(17)14-4/h8-11H,5-7H2,1-4H3,(H,14,17)(H,15,16)/t9-,10-,11+/m1/s1. The summed E-state index contributed by atoms with van der Waals surface area (Å²) in [5.74, 6) is -0.885. The lowest BCUT2D eigenvalue weighted by Crippen LogP contribution is -2.48. The van der Waals surface area contributed by atoms with Crippen molar-refractivity contribution in [1.29, 1.82) is 0 Å². The molecular formula is C13H24N2O4S. The minimum Gasteiger partial charge on any atom is -0.359 e. The minimum absolute atomic E-state index is 0.104. The van der Waals surface area contributed by atoms with E-state index in [4.69, 9.17) is 0 Å². The van der Waals surface area contributed by atoms with Gasteiger partial charge in [-0.1, -0.05) is 6.42 Å². The number of nitrogens with one attached hydrogen (secondary N) is 2. The molecule has 0 radical (unpaired) electrons. The highest BCUT2D eigenvalue weighted by molar-refractivity contribution is 7.93. The highest BCUT2D eigenvalue weighted by Gasteiger charge is 2.37. The van der Waals surface area contributed by atoms with Crippen LogP contribution in [-0.2, 0) is 19.4 Å². The van der Waals surface area contributed by atoms with Crippen LogP contribution in [0.5, 0.6) is 0 Å². The third-order valence-electron chi connectivity index (χ3n) is 3.95. The summed E-state index contributed by atoms with van der Waals surface area (Å²) in [6, 6.07) is -0.271. The van der Waals surface area contributed by atoms with E-state index >= 15 is 0 Å². The van der Waals surface area contributed by atoms with Crippen molar-refractivity contribution in [2.75, 3.05) is 7.05 Å². The van der Waals surface area contributed by atoms with Gasteiger partial charge in [-0.3, -0.25) is 9.59 Å². The van der Waals surface area contributed by atoms with E-state index in [0.29, 0.717) is 6.42 Å². The van der Waals surface area contributed by atoms with Crippen molar-refractivity contribution in [3.63, 3.8) is 0 Å². The first-order chi connectivity index (χ1) is 9.21. The highest BCUT2D eigenvalue weighted by atomic mass is 32.2. The van der Waals surface area contributed by atoms with E-state index in [1.54, 1.807) is 20.9 Å². The van der Waals surface area contributed by atoms with Crippen LogP contribution in [0.25, 0.3) is 0 Å². The number of amides is 2. The minimum atomic E-state index is -3.47. The molecule has 2 N–H and O–H groups in total. The van der Waals surface area contributed by atoms with Crippen LogP contribution in [0.2, 0.25) is 0 Å². The molecule has 0 spiro atoms. The predicted octanol–water partition coefficient (Wildman–Crippen LogP) is 0.229. The van der Waals surface area contributed by atoms with Crippen molar-refractivity contribution < 1.29 is 18.0 Å². The van der Waals surface area contributed by atoms with Gasteiger partial charge in [0.15, 0.2) is 9.84 Å². The Bertz CT molecular complexity index is 473. The molecule has 3 atom stereocenters. The molecule has 1 aliphatic rings. The fourth-order valence-electron chi connectivity index (χ4n) is 2.49. The number of carbonyl (C=O) groups is 2. The number of carbonyl (C=O) groups excluding carboxylic acids is 2. The number of hydrogen-bond acceptors (Lipinski definition) is 4. The van der Waals surface area contributed by atoms with Gasteiger partial charge in [0.25, 0.3) is 0 Å². The van der Waals surface area contributed by atoms with Crippen molar-refractivity contribution in [2.24, 2.45) is 5.92 Å². The van der Waals surface area contributed by atoms with Gasteiger partial charge in [0.05, 0.1) is 11.2 Å². The molecule has 20 heavy (non-hydrogen) atoms. The maximum atomic E-state index is 12.1. The van der Waals surface area contributed by atoms with Crippen molar-refractivity contribution in [2.45, 2.75) is 56.6 Å². The zero-order chi connectivity index (χ0) is 15.5. The quantitative estimate of drug-likeness (QED) is 0.760. The Morgan fingerprint density at radius 1 is 1.15 bits per heavy atom. The molecule has 1 aliphatic carbocycles. The first-order valence-electron chi connectivity index (χ1n) is 6.96. The summed E-state index contributed by atoms with van der Waals surface area (Å²) in [5.41, 5.74) is 0. The fraction of sp³-hybridized carbons (Fsp3) is 0.846. The van der Waals surface area contributed by atoms with Gasteiger partial charge < -0.3 is 10.6 Å². The summed E-state index contributed by atoms with van der Waals surface area (Å²) in [6.45, 7) is 4.51. The molecule has 116 valence electrons. The van der Waals surface area contributed by atoms with Crippen LogP contribution in [0.4, 0.5) is 0 Å². The van der Waals surface area contributed by atoms with Gasteiger partial charge in [-0.05, 0) is 33.6 Å². The van der Waals surface area contributed by atoms with Crippen LogP contribution >= 0.6 is 0 Å². The molecule has 1 rings (SSSR count). The maximum absolute atomic E-state index is 12.1. The van der Waals surface area contributed by atoms with Gasteiger partial charge >= 0.3 is 0 Å². The second kappa shape index (κ2) is 6.56. The SMILES string of the molecule is CNC(=O)[C@@H]1CCC[C@@H]1NC(=O)[C@@H](C)S(=O)(=O)C(C)C. The van der Waals surface area contributed by atoms with E-state index in [1.807, 2.05) is 0 Å². The number of rotatable bonds is 5. The predicted molar refractivity (Wildman–Crippen MR) is 76.9 cm³/mol. The molecular weight excluding hydrogens is 280 g/mol. The van der Waals surface area contributed by atoms with E-state index in [-0.39, 0.29) is 17.9 Å². The summed E-state index contributed by atoms with van der Waals surface area (Å²) in [6.07, 6.45) is 2.28. The van der Waals surface area contributed by atoms with Crippen molar-refractivity contribution in [3.8, 4) is 0 Å². The summed E-state index contributed by atoms with van der Waals surface area (Å²) >= 11 is 0. The van der Waals surface area contributed by atoms with Gasteiger partial charge in [0, 0.05) is 13.1 Å². The van der Waals surface area contributed by atoms with Gasteiger partial charge in [0.1, 0.15) is 5.25 Å². The Morgan fingerprint density at radius 3 is 2.25 bits per heavy atom. The Morgan fingerprint density at radius 2 is 1.75 bits per heavy atom. The van der Waals surface area contributed by atoms with Crippen LogP contribution in [0.1, 0.15) is 40.0 Å². The first kappa shape index (κ1) is 16.9. The smallest absolute Gasteiger partial charge is 0.238 e. The first-order valence-corrected chi connectivity index (χ1v) is 8.57. The van der Waals surface area contributed by atoms with Crippen molar-refractivity contribution in [3.05, 3.63) is 0 Å². The molecule has 0 saturated heterocycles.